The lowest BCUT2D eigenvalue weighted by Gasteiger charge is -2.39. The summed E-state index contributed by atoms with van der Waals surface area (Å²) in [5.74, 6) is -36.9. The summed E-state index contributed by atoms with van der Waals surface area (Å²) in [4.78, 5) is 0. The summed E-state index contributed by atoms with van der Waals surface area (Å²) in [7, 11) is 0. The van der Waals surface area contributed by atoms with Crippen LogP contribution in [-0.4, -0.2) is 29.9 Å². The zero-order chi connectivity index (χ0) is 21.0. The van der Waals surface area contributed by atoms with E-state index in [0.29, 0.717) is 12.1 Å². The van der Waals surface area contributed by atoms with Crippen molar-refractivity contribution in [3.8, 4) is 0 Å². The highest BCUT2D eigenvalue weighted by Crippen LogP contribution is 2.61. The van der Waals surface area contributed by atoms with Gasteiger partial charge in [-0.2, -0.15) is 57.1 Å². The molecule has 0 radical (unpaired) electrons. The van der Waals surface area contributed by atoms with Crippen LogP contribution in [0.15, 0.2) is 24.3 Å². The van der Waals surface area contributed by atoms with Crippen molar-refractivity contribution in [3.05, 3.63) is 33.4 Å². The summed E-state index contributed by atoms with van der Waals surface area (Å²) >= 11 is 1.47. The first-order valence-electron chi connectivity index (χ1n) is 5.97. The highest BCUT2D eigenvalue weighted by atomic mass is 127. The van der Waals surface area contributed by atoms with Gasteiger partial charge in [-0.1, -0.05) is 12.1 Å². The molecule has 0 aliphatic heterocycles. The van der Waals surface area contributed by atoms with E-state index in [-0.39, 0.29) is 15.7 Å². The van der Waals surface area contributed by atoms with Gasteiger partial charge in [-0.15, -0.1) is 0 Å². The monoisotopic (exact) mass is 522 g/mol. The molecule has 0 spiro atoms. The number of alkyl halides is 13. The second kappa shape index (κ2) is 6.29. The fourth-order valence-corrected chi connectivity index (χ4v) is 1.97. The molecule has 0 saturated heterocycles. The minimum absolute atomic E-state index is 0.103. The van der Waals surface area contributed by atoms with E-state index in [2.05, 4.69) is 0 Å². The standard InChI is InChI=1S/C12H4F13I/c13-7(14,5-1-3-6(26)4-2-5)8(15,16)9(17,18)10(19,20)11(21,22)12(23,24)25/h1-4H. The van der Waals surface area contributed by atoms with E-state index in [9.17, 15) is 57.1 Å². The third-order valence-electron chi connectivity index (χ3n) is 3.14. The second-order valence-corrected chi connectivity index (χ2v) is 6.12. The Bertz CT molecular complexity index is 644. The maximum atomic E-state index is 13.7. The normalized spacial score (nSPS) is 15.3. The molecule has 14 heteroatoms. The van der Waals surface area contributed by atoms with Crippen molar-refractivity contribution in [2.45, 2.75) is 35.8 Å². The van der Waals surface area contributed by atoms with Gasteiger partial charge in [0.2, 0.25) is 0 Å². The lowest BCUT2D eigenvalue weighted by atomic mass is 9.90. The zero-order valence-electron chi connectivity index (χ0n) is 11.6. The van der Waals surface area contributed by atoms with E-state index < -0.39 is 41.4 Å². The van der Waals surface area contributed by atoms with E-state index in [1.807, 2.05) is 0 Å². The number of hydrogen-bond acceptors (Lipinski definition) is 0. The quantitative estimate of drug-likeness (QED) is 0.307. The molecule has 0 fully saturated rings. The maximum absolute atomic E-state index is 13.7. The third kappa shape index (κ3) is 3.10. The van der Waals surface area contributed by atoms with E-state index >= 15 is 0 Å². The highest BCUT2D eigenvalue weighted by molar-refractivity contribution is 14.1. The number of hydrogen-bond donors (Lipinski definition) is 0. The molecular weight excluding hydrogens is 518 g/mol. The number of halogens is 14. The van der Waals surface area contributed by atoms with Crippen molar-refractivity contribution in [2.75, 3.05) is 0 Å². The highest BCUT2D eigenvalue weighted by Gasteiger charge is 2.90. The third-order valence-corrected chi connectivity index (χ3v) is 3.86. The van der Waals surface area contributed by atoms with Crippen molar-refractivity contribution < 1.29 is 57.1 Å². The minimum atomic E-state index is -7.88. The summed E-state index contributed by atoms with van der Waals surface area (Å²) in [6.07, 6.45) is -7.41. The molecule has 0 aliphatic rings. The average Bonchev–Trinajstić information content (AvgIpc) is 2.45. The molecule has 0 aliphatic carbocycles. The first kappa shape index (κ1) is 23.1. The Morgan fingerprint density at radius 1 is 0.500 bits per heavy atom. The summed E-state index contributed by atoms with van der Waals surface area (Å²) in [5, 5.41) is 0. The molecule has 0 unspecified atom stereocenters. The smallest absolute Gasteiger partial charge is 0.194 e. The first-order chi connectivity index (χ1) is 11.2. The van der Waals surface area contributed by atoms with Crippen LogP contribution in [0.25, 0.3) is 0 Å². The van der Waals surface area contributed by atoms with Crippen molar-refractivity contribution in [1.29, 1.82) is 0 Å². The van der Waals surface area contributed by atoms with Gasteiger partial charge >= 0.3 is 35.8 Å². The Hall–Kier alpha value is -0.960. The van der Waals surface area contributed by atoms with Crippen LogP contribution in [0.3, 0.4) is 0 Å². The Labute approximate surface area is 149 Å². The summed E-state index contributed by atoms with van der Waals surface area (Å²) in [6.45, 7) is 0. The molecule has 0 N–H and O–H groups in total. The van der Waals surface area contributed by atoms with Crippen LogP contribution >= 0.6 is 22.6 Å². The van der Waals surface area contributed by atoms with E-state index in [0.717, 1.165) is 0 Å². The molecule has 0 heterocycles. The molecule has 26 heavy (non-hydrogen) atoms. The Kier molecular flexibility index (Phi) is 5.58. The topological polar surface area (TPSA) is 0 Å². The lowest BCUT2D eigenvalue weighted by molar-refractivity contribution is -0.441. The summed E-state index contributed by atoms with van der Waals surface area (Å²) in [6, 6.07) is 1.54. The molecular formula is C12H4F13I. The van der Waals surface area contributed by atoms with Crippen molar-refractivity contribution >= 4 is 22.6 Å². The Morgan fingerprint density at radius 3 is 1.19 bits per heavy atom. The van der Waals surface area contributed by atoms with Crippen molar-refractivity contribution in [1.82, 2.24) is 0 Å². The molecule has 0 amide bonds. The van der Waals surface area contributed by atoms with Gasteiger partial charge in [0.1, 0.15) is 0 Å². The van der Waals surface area contributed by atoms with Crippen LogP contribution in [0.1, 0.15) is 5.56 Å². The Morgan fingerprint density at radius 2 is 0.846 bits per heavy atom. The van der Waals surface area contributed by atoms with Gasteiger partial charge in [-0.25, -0.2) is 0 Å². The van der Waals surface area contributed by atoms with Crippen LogP contribution in [0, 0.1) is 3.57 Å². The van der Waals surface area contributed by atoms with Crippen LogP contribution in [0.2, 0.25) is 0 Å². The maximum Gasteiger partial charge on any atom is 0.460 e. The largest absolute Gasteiger partial charge is 0.460 e. The number of benzene rings is 1. The Balaban J connectivity index is 3.55. The zero-order valence-corrected chi connectivity index (χ0v) is 13.8. The van der Waals surface area contributed by atoms with Gasteiger partial charge in [0.05, 0.1) is 0 Å². The molecule has 0 bridgehead atoms. The molecule has 0 aromatic heterocycles. The van der Waals surface area contributed by atoms with Crippen molar-refractivity contribution in [3.63, 3.8) is 0 Å². The predicted octanol–water partition coefficient (Wildman–Crippen LogP) is 6.49. The molecule has 1 rings (SSSR count). The van der Waals surface area contributed by atoms with E-state index in [1.165, 1.54) is 22.6 Å². The second-order valence-electron chi connectivity index (χ2n) is 4.88. The fraction of sp³-hybridized carbons (Fsp3) is 0.500. The van der Waals surface area contributed by atoms with Gasteiger partial charge in [-0.3, -0.25) is 0 Å². The fourth-order valence-electron chi connectivity index (χ4n) is 1.61. The van der Waals surface area contributed by atoms with Gasteiger partial charge in [-0.05, 0) is 34.7 Å². The van der Waals surface area contributed by atoms with Crippen LogP contribution in [0.4, 0.5) is 57.1 Å². The minimum Gasteiger partial charge on any atom is -0.194 e. The summed E-state index contributed by atoms with van der Waals surface area (Å²) in [5.41, 5.74) is -1.99. The molecule has 150 valence electrons. The van der Waals surface area contributed by atoms with Crippen LogP contribution in [0.5, 0.6) is 0 Å². The molecule has 0 nitrogen and oxygen atoms in total. The van der Waals surface area contributed by atoms with E-state index in [4.69, 9.17) is 0 Å². The molecule has 1 aromatic rings. The van der Waals surface area contributed by atoms with E-state index in [1.54, 1.807) is 0 Å². The predicted molar refractivity (Wildman–Crippen MR) is 68.9 cm³/mol. The molecule has 1 aromatic carbocycles. The first-order valence-corrected chi connectivity index (χ1v) is 7.05. The van der Waals surface area contributed by atoms with Gasteiger partial charge in [0.25, 0.3) is 0 Å². The van der Waals surface area contributed by atoms with Crippen LogP contribution in [-0.2, 0) is 5.92 Å². The van der Waals surface area contributed by atoms with Crippen molar-refractivity contribution in [2.24, 2.45) is 0 Å². The van der Waals surface area contributed by atoms with Gasteiger partial charge in [0.15, 0.2) is 0 Å². The van der Waals surface area contributed by atoms with Gasteiger partial charge in [0, 0.05) is 9.13 Å². The molecule has 0 saturated carbocycles. The molecule has 0 atom stereocenters. The summed E-state index contributed by atoms with van der Waals surface area (Å²) < 4.78 is 168. The van der Waals surface area contributed by atoms with Crippen LogP contribution < -0.4 is 0 Å². The number of rotatable bonds is 5. The van der Waals surface area contributed by atoms with Gasteiger partial charge < -0.3 is 0 Å². The lowest BCUT2D eigenvalue weighted by Crippen LogP contribution is -2.69. The average molecular weight is 522 g/mol. The SMILES string of the molecule is FC(F)(F)C(F)(F)C(F)(F)C(F)(F)C(F)(F)C(F)(F)c1ccc(I)cc1.